The lowest BCUT2D eigenvalue weighted by atomic mass is 10.0. The summed E-state index contributed by atoms with van der Waals surface area (Å²) in [6.07, 6.45) is 3.80. The van der Waals surface area contributed by atoms with E-state index >= 15 is 0 Å². The van der Waals surface area contributed by atoms with Crippen molar-refractivity contribution in [3.05, 3.63) is 156 Å². The highest BCUT2D eigenvalue weighted by Crippen LogP contribution is 2.43. The molecule has 0 saturated heterocycles. The van der Waals surface area contributed by atoms with Crippen LogP contribution >= 0.6 is 0 Å². The van der Waals surface area contributed by atoms with Crippen molar-refractivity contribution in [2.24, 2.45) is 0 Å². The van der Waals surface area contributed by atoms with Crippen LogP contribution in [-0.4, -0.2) is 9.97 Å². The summed E-state index contributed by atoms with van der Waals surface area (Å²) in [5.74, 6) is 0. The van der Waals surface area contributed by atoms with Crippen LogP contribution in [-0.2, 0) is 0 Å². The van der Waals surface area contributed by atoms with E-state index in [2.05, 4.69) is 159 Å². The third-order valence-corrected chi connectivity index (χ3v) is 8.23. The first kappa shape index (κ1) is 27.4. The topological polar surface area (TPSA) is 32.3 Å². The Morgan fingerprint density at radius 3 is 0.886 bits per heavy atom. The molecule has 0 saturated carbocycles. The lowest BCUT2D eigenvalue weighted by molar-refractivity contribution is 1.26. The first-order valence-electron chi connectivity index (χ1n) is 15.0. The molecule has 4 nitrogen and oxygen atoms in total. The summed E-state index contributed by atoms with van der Waals surface area (Å²) < 4.78 is 0. The molecular formula is C40H34N4. The molecule has 0 aliphatic rings. The number of aromatic nitrogens is 2. The fraction of sp³-hybridized carbons (Fsp3) is 0.100. The Kier molecular flexibility index (Phi) is 7.03. The van der Waals surface area contributed by atoms with Crippen molar-refractivity contribution in [2.45, 2.75) is 27.7 Å². The largest absolute Gasteiger partial charge is 0.310 e. The van der Waals surface area contributed by atoms with Crippen molar-refractivity contribution in [1.82, 2.24) is 9.97 Å². The van der Waals surface area contributed by atoms with Gasteiger partial charge in [-0.15, -0.1) is 0 Å². The molecule has 7 aromatic rings. The molecule has 2 heterocycles. The Morgan fingerprint density at radius 2 is 0.614 bits per heavy atom. The van der Waals surface area contributed by atoms with Crippen molar-refractivity contribution in [3.8, 4) is 0 Å². The Morgan fingerprint density at radius 1 is 0.341 bits per heavy atom. The predicted molar refractivity (Wildman–Crippen MR) is 185 cm³/mol. The van der Waals surface area contributed by atoms with E-state index in [-0.39, 0.29) is 0 Å². The molecule has 44 heavy (non-hydrogen) atoms. The van der Waals surface area contributed by atoms with E-state index in [0.717, 1.165) is 55.9 Å². The van der Waals surface area contributed by atoms with Gasteiger partial charge in [0.15, 0.2) is 0 Å². The summed E-state index contributed by atoms with van der Waals surface area (Å²) >= 11 is 0. The lowest BCUT2D eigenvalue weighted by Gasteiger charge is -2.28. The smallest absolute Gasteiger partial charge is 0.0986 e. The van der Waals surface area contributed by atoms with Gasteiger partial charge in [0.25, 0.3) is 0 Å². The zero-order valence-corrected chi connectivity index (χ0v) is 25.5. The molecule has 0 atom stereocenters. The normalized spacial score (nSPS) is 11.2. The van der Waals surface area contributed by atoms with Gasteiger partial charge in [0.1, 0.15) is 0 Å². The molecule has 5 aromatic carbocycles. The van der Waals surface area contributed by atoms with Crippen LogP contribution in [0.5, 0.6) is 0 Å². The van der Waals surface area contributed by atoms with E-state index in [9.17, 15) is 0 Å². The molecule has 214 valence electrons. The Labute approximate surface area is 258 Å². The van der Waals surface area contributed by atoms with Gasteiger partial charge in [-0.2, -0.15) is 0 Å². The summed E-state index contributed by atoms with van der Waals surface area (Å²) in [5, 5.41) is 2.09. The second-order valence-corrected chi connectivity index (χ2v) is 11.5. The van der Waals surface area contributed by atoms with Crippen LogP contribution in [0.3, 0.4) is 0 Å². The number of pyridine rings is 2. The number of benzene rings is 5. The molecule has 0 aliphatic heterocycles. The van der Waals surface area contributed by atoms with E-state index in [0.29, 0.717) is 0 Å². The van der Waals surface area contributed by atoms with Gasteiger partial charge in [0, 0.05) is 45.9 Å². The summed E-state index contributed by atoms with van der Waals surface area (Å²) in [5.41, 5.74) is 13.2. The average molecular weight is 571 g/mol. The van der Waals surface area contributed by atoms with Gasteiger partial charge in [-0.3, -0.25) is 9.97 Å². The summed E-state index contributed by atoms with van der Waals surface area (Å²) in [6, 6.07) is 43.3. The van der Waals surface area contributed by atoms with Crippen LogP contribution in [0.4, 0.5) is 34.1 Å². The first-order chi connectivity index (χ1) is 21.5. The minimum Gasteiger partial charge on any atom is -0.310 e. The number of aryl methyl sites for hydroxylation is 4. The van der Waals surface area contributed by atoms with Gasteiger partial charge in [0.2, 0.25) is 0 Å². The zero-order valence-electron chi connectivity index (χ0n) is 25.5. The molecule has 0 spiro atoms. The van der Waals surface area contributed by atoms with Crippen LogP contribution in [0.25, 0.3) is 21.8 Å². The maximum absolute atomic E-state index is 4.93. The summed E-state index contributed by atoms with van der Waals surface area (Å²) in [6.45, 7) is 8.48. The molecule has 0 aliphatic carbocycles. The number of nitrogens with zero attached hydrogens (tertiary/aromatic N) is 4. The van der Waals surface area contributed by atoms with Gasteiger partial charge in [-0.25, -0.2) is 0 Å². The van der Waals surface area contributed by atoms with Crippen LogP contribution in [0.2, 0.25) is 0 Å². The van der Waals surface area contributed by atoms with Crippen LogP contribution < -0.4 is 9.80 Å². The number of hydrogen-bond acceptors (Lipinski definition) is 4. The maximum Gasteiger partial charge on any atom is 0.0986 e. The Bertz CT molecular complexity index is 1840. The molecular weight excluding hydrogens is 536 g/mol. The van der Waals surface area contributed by atoms with Crippen LogP contribution in [0.1, 0.15) is 22.3 Å². The third-order valence-electron chi connectivity index (χ3n) is 8.23. The third kappa shape index (κ3) is 5.05. The maximum atomic E-state index is 4.93. The number of fused-ring (bicyclic) bond motifs is 3. The molecule has 0 fully saturated rings. The van der Waals surface area contributed by atoms with Gasteiger partial charge in [-0.05, 0) is 100 Å². The van der Waals surface area contributed by atoms with Crippen molar-refractivity contribution >= 4 is 55.9 Å². The summed E-state index contributed by atoms with van der Waals surface area (Å²) in [4.78, 5) is 14.5. The quantitative estimate of drug-likeness (QED) is 0.186. The van der Waals surface area contributed by atoms with Crippen molar-refractivity contribution in [3.63, 3.8) is 0 Å². The molecule has 0 radical (unpaired) electrons. The van der Waals surface area contributed by atoms with Gasteiger partial charge < -0.3 is 9.80 Å². The minimum atomic E-state index is 0.874. The molecule has 7 rings (SSSR count). The molecule has 0 amide bonds. The van der Waals surface area contributed by atoms with Gasteiger partial charge >= 0.3 is 0 Å². The number of hydrogen-bond donors (Lipinski definition) is 0. The second kappa shape index (κ2) is 11.3. The van der Waals surface area contributed by atoms with E-state index in [4.69, 9.17) is 9.97 Å². The SMILES string of the molecule is Cc1ccc(N(c2ccc(C)cc2)c2ccnc3c2ccc2c(N(c4ccc(C)cc4)c4ccc(C)cc4)ccnc23)cc1. The molecule has 0 N–H and O–H groups in total. The highest BCUT2D eigenvalue weighted by molar-refractivity contribution is 6.12. The highest BCUT2D eigenvalue weighted by Gasteiger charge is 2.20. The van der Waals surface area contributed by atoms with Gasteiger partial charge in [0.05, 0.1) is 22.4 Å². The number of anilines is 6. The van der Waals surface area contributed by atoms with Crippen molar-refractivity contribution in [2.75, 3.05) is 9.80 Å². The Balaban J connectivity index is 1.45. The first-order valence-corrected chi connectivity index (χ1v) is 15.0. The molecule has 2 aromatic heterocycles. The monoisotopic (exact) mass is 570 g/mol. The van der Waals surface area contributed by atoms with Gasteiger partial charge in [-0.1, -0.05) is 70.8 Å². The second-order valence-electron chi connectivity index (χ2n) is 11.5. The van der Waals surface area contributed by atoms with E-state index < -0.39 is 0 Å². The van der Waals surface area contributed by atoms with Crippen molar-refractivity contribution < 1.29 is 0 Å². The standard InChI is InChI=1S/C40H34N4/c1-27-5-13-31(14-6-27)43(32-15-7-28(2)8-16-32)37-23-25-41-39-35(37)21-22-36-38(24-26-42-40(36)39)44(33-17-9-29(3)10-18-33)34-19-11-30(4)12-20-34/h5-26H,1-4H3. The van der Waals surface area contributed by atoms with E-state index in [1.165, 1.54) is 22.3 Å². The Hall–Kier alpha value is -5.48. The highest BCUT2D eigenvalue weighted by atomic mass is 15.2. The fourth-order valence-electron chi connectivity index (χ4n) is 5.82. The number of rotatable bonds is 6. The van der Waals surface area contributed by atoms with E-state index in [1.54, 1.807) is 0 Å². The predicted octanol–water partition coefficient (Wildman–Crippen LogP) is 11.0. The fourth-order valence-corrected chi connectivity index (χ4v) is 5.82. The molecule has 0 unspecified atom stereocenters. The van der Waals surface area contributed by atoms with Crippen molar-refractivity contribution in [1.29, 1.82) is 0 Å². The van der Waals surface area contributed by atoms with E-state index in [1.807, 2.05) is 12.4 Å². The van der Waals surface area contributed by atoms with Crippen LogP contribution in [0.15, 0.2) is 134 Å². The molecule has 4 heteroatoms. The molecule has 0 bridgehead atoms. The average Bonchev–Trinajstić information content (AvgIpc) is 3.05. The zero-order chi connectivity index (χ0) is 30.2. The summed E-state index contributed by atoms with van der Waals surface area (Å²) in [7, 11) is 0. The lowest BCUT2D eigenvalue weighted by Crippen LogP contribution is -2.12. The van der Waals surface area contributed by atoms with Crippen LogP contribution in [0, 0.1) is 27.7 Å². The minimum absolute atomic E-state index is 0.874.